The number of benzene rings is 1. The predicted molar refractivity (Wildman–Crippen MR) is 99.3 cm³/mol. The Morgan fingerprint density at radius 1 is 1.37 bits per heavy atom. The summed E-state index contributed by atoms with van der Waals surface area (Å²) in [4.78, 5) is 13.9. The molecule has 27 heavy (non-hydrogen) atoms. The fourth-order valence-corrected chi connectivity index (χ4v) is 2.72. The van der Waals surface area contributed by atoms with Crippen molar-refractivity contribution in [3.63, 3.8) is 0 Å². The van der Waals surface area contributed by atoms with Crippen LogP contribution in [0.25, 0.3) is 0 Å². The number of nitrogens with zero attached hydrogens (tertiary/aromatic N) is 3. The third kappa shape index (κ3) is 5.61. The van der Waals surface area contributed by atoms with Crippen molar-refractivity contribution < 1.29 is 13.9 Å². The summed E-state index contributed by atoms with van der Waals surface area (Å²) in [5.74, 6) is -0.498. The fourth-order valence-electron chi connectivity index (χ4n) is 2.72. The largest absolute Gasteiger partial charge is 0.444 e. The predicted octanol–water partition coefficient (Wildman–Crippen LogP) is 3.27. The number of hydrogen-bond acceptors (Lipinski definition) is 6. The van der Waals surface area contributed by atoms with Crippen LogP contribution in [0.15, 0.2) is 30.0 Å². The highest BCUT2D eigenvalue weighted by Gasteiger charge is 2.28. The van der Waals surface area contributed by atoms with E-state index in [0.29, 0.717) is 25.2 Å². The van der Waals surface area contributed by atoms with Gasteiger partial charge in [0.2, 0.25) is 0 Å². The number of carbonyl (C=O) groups excluding carboxylic acids is 1. The molecule has 1 amide bonds. The Labute approximate surface area is 158 Å². The molecule has 1 saturated heterocycles. The molecule has 0 bridgehead atoms. The van der Waals surface area contributed by atoms with E-state index in [0.717, 1.165) is 0 Å². The van der Waals surface area contributed by atoms with Crippen molar-refractivity contribution in [1.82, 2.24) is 5.32 Å². The lowest BCUT2D eigenvalue weighted by atomic mass is 10.2. The van der Waals surface area contributed by atoms with Crippen LogP contribution in [0.3, 0.4) is 0 Å². The van der Waals surface area contributed by atoms with Crippen molar-refractivity contribution in [3.8, 4) is 12.1 Å². The molecular formula is C19H22FN5O2. The minimum absolute atomic E-state index is 0.125. The van der Waals surface area contributed by atoms with Gasteiger partial charge in [-0.3, -0.25) is 0 Å². The highest BCUT2D eigenvalue weighted by atomic mass is 19.1. The van der Waals surface area contributed by atoms with Crippen molar-refractivity contribution in [3.05, 3.63) is 35.8 Å². The molecule has 0 saturated carbocycles. The molecule has 0 spiro atoms. The van der Waals surface area contributed by atoms with Gasteiger partial charge in [-0.25, -0.2) is 9.18 Å². The van der Waals surface area contributed by atoms with Crippen LogP contribution in [-0.4, -0.2) is 30.8 Å². The Morgan fingerprint density at radius 2 is 2.07 bits per heavy atom. The number of alkyl carbamates (subject to hydrolysis) is 1. The lowest BCUT2D eigenvalue weighted by molar-refractivity contribution is 0.0509. The molecule has 0 aromatic heterocycles. The Kier molecular flexibility index (Phi) is 6.25. The molecule has 1 aliphatic heterocycles. The average Bonchev–Trinajstić information content (AvgIpc) is 3.03. The maximum absolute atomic E-state index is 14.3. The molecule has 2 rings (SSSR count). The van der Waals surface area contributed by atoms with Crippen LogP contribution in [0.4, 0.5) is 20.6 Å². The zero-order valence-electron chi connectivity index (χ0n) is 15.5. The number of amides is 1. The number of para-hydroxylation sites is 1. The molecule has 1 heterocycles. The Balaban J connectivity index is 2.10. The van der Waals surface area contributed by atoms with Crippen LogP contribution >= 0.6 is 0 Å². The SMILES string of the molecule is CC(C)(C)OC(=O)NC1CCN(c2cccc(F)c2NC=C(C#N)C#N)C1. The van der Waals surface area contributed by atoms with E-state index in [4.69, 9.17) is 15.3 Å². The first kappa shape index (κ1) is 20.1. The van der Waals surface area contributed by atoms with Crippen LogP contribution in [0, 0.1) is 28.5 Å². The number of nitriles is 2. The fraction of sp³-hybridized carbons (Fsp3) is 0.421. The van der Waals surface area contributed by atoms with Crippen molar-refractivity contribution >= 4 is 17.5 Å². The van der Waals surface area contributed by atoms with Gasteiger partial charge in [0.15, 0.2) is 0 Å². The number of allylic oxidation sites excluding steroid dienone is 1. The van der Waals surface area contributed by atoms with E-state index < -0.39 is 17.5 Å². The van der Waals surface area contributed by atoms with Crippen molar-refractivity contribution in [1.29, 1.82) is 10.5 Å². The van der Waals surface area contributed by atoms with Crippen molar-refractivity contribution in [2.45, 2.75) is 38.8 Å². The van der Waals surface area contributed by atoms with Gasteiger partial charge < -0.3 is 20.3 Å². The monoisotopic (exact) mass is 371 g/mol. The van der Waals surface area contributed by atoms with E-state index in [1.165, 1.54) is 12.3 Å². The maximum atomic E-state index is 14.3. The quantitative estimate of drug-likeness (QED) is 0.788. The zero-order valence-corrected chi connectivity index (χ0v) is 15.5. The highest BCUT2D eigenvalue weighted by molar-refractivity contribution is 5.73. The number of carbonyl (C=O) groups is 1. The Hall–Kier alpha value is -3.26. The third-order valence-corrected chi connectivity index (χ3v) is 3.84. The Morgan fingerprint density at radius 3 is 2.70 bits per heavy atom. The summed E-state index contributed by atoms with van der Waals surface area (Å²) in [5.41, 5.74) is 0.0385. The Bertz CT molecular complexity index is 801. The number of nitrogens with one attached hydrogen (secondary N) is 2. The molecule has 1 aromatic carbocycles. The second-order valence-corrected chi connectivity index (χ2v) is 7.14. The first-order chi connectivity index (χ1) is 12.7. The summed E-state index contributed by atoms with van der Waals surface area (Å²) < 4.78 is 19.5. The van der Waals surface area contributed by atoms with Crippen molar-refractivity contribution in [2.24, 2.45) is 0 Å². The standard InChI is InChI=1S/C19H22FN5O2/c1-19(2,3)27-18(26)24-14-7-8-25(12-14)16-6-4-5-15(20)17(16)23-11-13(9-21)10-22/h4-6,11,14,23H,7-8,12H2,1-3H3,(H,24,26). The van der Waals surface area contributed by atoms with Gasteiger partial charge in [0, 0.05) is 19.3 Å². The minimum Gasteiger partial charge on any atom is -0.444 e. The molecule has 0 aliphatic carbocycles. The van der Waals surface area contributed by atoms with E-state index in [9.17, 15) is 9.18 Å². The lowest BCUT2D eigenvalue weighted by Gasteiger charge is -2.24. The molecule has 1 atom stereocenters. The molecule has 1 fully saturated rings. The van der Waals surface area contributed by atoms with Gasteiger partial charge >= 0.3 is 6.09 Å². The van der Waals surface area contributed by atoms with Crippen molar-refractivity contribution in [2.75, 3.05) is 23.3 Å². The number of ether oxygens (including phenoxy) is 1. The van der Waals surface area contributed by atoms with Gasteiger partial charge in [-0.15, -0.1) is 0 Å². The van der Waals surface area contributed by atoms with Gasteiger partial charge in [0.25, 0.3) is 0 Å². The van der Waals surface area contributed by atoms with Crippen LogP contribution in [0.5, 0.6) is 0 Å². The van der Waals surface area contributed by atoms with E-state index in [1.807, 2.05) is 4.90 Å². The molecule has 2 N–H and O–H groups in total. The molecule has 7 nitrogen and oxygen atoms in total. The average molecular weight is 371 g/mol. The summed E-state index contributed by atoms with van der Waals surface area (Å²) in [6.45, 7) is 6.49. The summed E-state index contributed by atoms with van der Waals surface area (Å²) >= 11 is 0. The summed E-state index contributed by atoms with van der Waals surface area (Å²) in [7, 11) is 0. The van der Waals surface area contributed by atoms with E-state index in [1.54, 1.807) is 45.0 Å². The summed E-state index contributed by atoms with van der Waals surface area (Å²) in [5, 5.41) is 23.2. The number of rotatable bonds is 4. The van der Waals surface area contributed by atoms with E-state index >= 15 is 0 Å². The molecule has 1 aliphatic rings. The molecule has 0 radical (unpaired) electrons. The van der Waals surface area contributed by atoms with Crippen LogP contribution < -0.4 is 15.5 Å². The van der Waals surface area contributed by atoms with Gasteiger partial charge in [0.05, 0.1) is 17.4 Å². The van der Waals surface area contributed by atoms with Crippen LogP contribution in [-0.2, 0) is 4.74 Å². The van der Waals surface area contributed by atoms with Gasteiger partial charge in [-0.1, -0.05) is 6.07 Å². The number of hydrogen-bond donors (Lipinski definition) is 2. The first-order valence-electron chi connectivity index (χ1n) is 8.53. The zero-order chi connectivity index (χ0) is 20.0. The number of halogens is 1. The third-order valence-electron chi connectivity index (χ3n) is 3.84. The van der Waals surface area contributed by atoms with E-state index in [2.05, 4.69) is 10.6 Å². The second kappa shape index (κ2) is 8.41. The minimum atomic E-state index is -0.576. The van der Waals surface area contributed by atoms with Crippen LogP contribution in [0.2, 0.25) is 0 Å². The smallest absolute Gasteiger partial charge is 0.407 e. The van der Waals surface area contributed by atoms with Gasteiger partial charge in [0.1, 0.15) is 29.1 Å². The molecular weight excluding hydrogens is 349 g/mol. The van der Waals surface area contributed by atoms with Gasteiger partial charge in [-0.2, -0.15) is 10.5 Å². The normalized spacial score (nSPS) is 16.1. The molecule has 1 aromatic rings. The second-order valence-electron chi connectivity index (χ2n) is 7.14. The molecule has 142 valence electrons. The summed E-state index contributed by atoms with van der Waals surface area (Å²) in [6, 6.07) is 7.94. The van der Waals surface area contributed by atoms with Crippen LogP contribution in [0.1, 0.15) is 27.2 Å². The van der Waals surface area contributed by atoms with Gasteiger partial charge in [-0.05, 0) is 39.3 Å². The van der Waals surface area contributed by atoms with E-state index in [-0.39, 0.29) is 17.3 Å². The topological polar surface area (TPSA) is 101 Å². The summed E-state index contributed by atoms with van der Waals surface area (Å²) in [6.07, 6.45) is 1.38. The highest BCUT2D eigenvalue weighted by Crippen LogP contribution is 2.31. The molecule has 8 heteroatoms. The number of anilines is 2. The first-order valence-corrected chi connectivity index (χ1v) is 8.53. The lowest BCUT2D eigenvalue weighted by Crippen LogP contribution is -2.40. The molecule has 1 unspecified atom stereocenters. The maximum Gasteiger partial charge on any atom is 0.407 e.